The largest absolute Gasteiger partial charge is 0.376 e. The maximum atomic E-state index is 12.4. The number of carbonyl (C=O) groups is 1. The van der Waals surface area contributed by atoms with Gasteiger partial charge in [-0.1, -0.05) is 93.6 Å². The van der Waals surface area contributed by atoms with E-state index in [0.29, 0.717) is 12.1 Å². The SMILES string of the molecule is CC(C)(C)CNC(=O)c1ccc(C(O)(c2ccccc2)c2ccccc2)cc1. The highest BCUT2D eigenvalue weighted by Crippen LogP contribution is 2.36. The lowest BCUT2D eigenvalue weighted by Crippen LogP contribution is -2.32. The molecule has 0 atom stereocenters. The average Bonchev–Trinajstić information content (AvgIpc) is 2.72. The van der Waals surface area contributed by atoms with Gasteiger partial charge in [-0.2, -0.15) is 0 Å². The summed E-state index contributed by atoms with van der Waals surface area (Å²) >= 11 is 0. The van der Waals surface area contributed by atoms with Crippen molar-refractivity contribution in [2.45, 2.75) is 26.4 Å². The van der Waals surface area contributed by atoms with Gasteiger partial charge in [-0.3, -0.25) is 4.79 Å². The molecule has 0 saturated carbocycles. The zero-order chi connectivity index (χ0) is 20.2. The molecule has 0 fully saturated rings. The van der Waals surface area contributed by atoms with Crippen LogP contribution in [0.5, 0.6) is 0 Å². The maximum absolute atomic E-state index is 12.4. The third kappa shape index (κ3) is 4.32. The van der Waals surface area contributed by atoms with Crippen LogP contribution in [0.3, 0.4) is 0 Å². The van der Waals surface area contributed by atoms with Gasteiger partial charge < -0.3 is 10.4 Å². The number of amides is 1. The summed E-state index contributed by atoms with van der Waals surface area (Å²) in [7, 11) is 0. The van der Waals surface area contributed by atoms with E-state index in [2.05, 4.69) is 26.1 Å². The zero-order valence-electron chi connectivity index (χ0n) is 16.6. The van der Waals surface area contributed by atoms with Crippen molar-refractivity contribution in [3.05, 3.63) is 107 Å². The quantitative estimate of drug-likeness (QED) is 0.634. The van der Waals surface area contributed by atoms with Crippen molar-refractivity contribution < 1.29 is 9.90 Å². The Labute approximate surface area is 167 Å². The lowest BCUT2D eigenvalue weighted by Gasteiger charge is -2.30. The van der Waals surface area contributed by atoms with Gasteiger partial charge in [0.2, 0.25) is 0 Å². The van der Waals surface area contributed by atoms with Crippen LogP contribution in [0.1, 0.15) is 47.8 Å². The molecule has 1 amide bonds. The molecule has 28 heavy (non-hydrogen) atoms. The van der Waals surface area contributed by atoms with Gasteiger partial charge in [0.25, 0.3) is 5.91 Å². The summed E-state index contributed by atoms with van der Waals surface area (Å²) < 4.78 is 0. The molecule has 0 aliphatic carbocycles. The summed E-state index contributed by atoms with van der Waals surface area (Å²) in [6.45, 7) is 6.84. The van der Waals surface area contributed by atoms with E-state index in [-0.39, 0.29) is 11.3 Å². The highest BCUT2D eigenvalue weighted by atomic mass is 16.3. The van der Waals surface area contributed by atoms with Crippen LogP contribution in [0.15, 0.2) is 84.9 Å². The normalized spacial score (nSPS) is 11.9. The van der Waals surface area contributed by atoms with Crippen molar-refractivity contribution in [1.82, 2.24) is 5.32 Å². The zero-order valence-corrected chi connectivity index (χ0v) is 16.6. The van der Waals surface area contributed by atoms with Crippen LogP contribution < -0.4 is 5.32 Å². The van der Waals surface area contributed by atoms with Crippen molar-refractivity contribution >= 4 is 5.91 Å². The molecular weight excluding hydrogens is 346 g/mol. The smallest absolute Gasteiger partial charge is 0.251 e. The summed E-state index contributed by atoms with van der Waals surface area (Å²) in [5, 5.41) is 14.7. The first-order valence-corrected chi connectivity index (χ1v) is 9.53. The Bertz CT molecular complexity index is 871. The fourth-order valence-electron chi connectivity index (χ4n) is 3.17. The summed E-state index contributed by atoms with van der Waals surface area (Å²) in [6, 6.07) is 26.4. The standard InChI is InChI=1S/C25H27NO2/c1-24(2,3)18-26-23(27)19-14-16-22(17-15-19)25(28,20-10-6-4-7-11-20)21-12-8-5-9-13-21/h4-17,28H,18H2,1-3H3,(H,26,27). The van der Waals surface area contributed by atoms with E-state index in [9.17, 15) is 9.90 Å². The Hall–Kier alpha value is -2.91. The Morgan fingerprint density at radius 3 is 1.61 bits per heavy atom. The molecule has 0 aromatic heterocycles. The first-order chi connectivity index (χ1) is 13.3. The second kappa shape index (κ2) is 7.99. The molecule has 0 spiro atoms. The minimum Gasteiger partial charge on any atom is -0.376 e. The summed E-state index contributed by atoms with van der Waals surface area (Å²) in [5.74, 6) is -0.107. The minimum absolute atomic E-state index is 0.0243. The molecule has 3 nitrogen and oxygen atoms in total. The Morgan fingerprint density at radius 2 is 1.18 bits per heavy atom. The van der Waals surface area contributed by atoms with Gasteiger partial charge in [0.05, 0.1) is 0 Å². The molecule has 3 aromatic carbocycles. The Kier molecular flexibility index (Phi) is 5.66. The van der Waals surface area contributed by atoms with E-state index in [0.717, 1.165) is 16.7 Å². The number of nitrogens with one attached hydrogen (secondary N) is 1. The van der Waals surface area contributed by atoms with Crippen LogP contribution in [-0.2, 0) is 5.60 Å². The third-order valence-corrected chi connectivity index (χ3v) is 4.73. The first kappa shape index (κ1) is 19.8. The van der Waals surface area contributed by atoms with Crippen molar-refractivity contribution in [3.8, 4) is 0 Å². The molecule has 0 aliphatic rings. The lowest BCUT2D eigenvalue weighted by atomic mass is 9.80. The van der Waals surface area contributed by atoms with Crippen molar-refractivity contribution in [2.75, 3.05) is 6.54 Å². The van der Waals surface area contributed by atoms with Gasteiger partial charge >= 0.3 is 0 Å². The van der Waals surface area contributed by atoms with E-state index in [1.54, 1.807) is 12.1 Å². The summed E-state index contributed by atoms with van der Waals surface area (Å²) in [5.41, 5.74) is 1.60. The predicted molar refractivity (Wildman–Crippen MR) is 113 cm³/mol. The fourth-order valence-corrected chi connectivity index (χ4v) is 3.17. The Balaban J connectivity index is 1.95. The number of carbonyl (C=O) groups excluding carboxylic acids is 1. The van der Waals surface area contributed by atoms with Crippen LogP contribution in [0.25, 0.3) is 0 Å². The first-order valence-electron chi connectivity index (χ1n) is 9.53. The van der Waals surface area contributed by atoms with Gasteiger partial charge in [0.1, 0.15) is 5.60 Å². The van der Waals surface area contributed by atoms with E-state index in [1.165, 1.54) is 0 Å². The molecule has 3 aromatic rings. The van der Waals surface area contributed by atoms with Gasteiger partial charge in [-0.05, 0) is 34.2 Å². The third-order valence-electron chi connectivity index (χ3n) is 4.73. The molecule has 3 heteroatoms. The highest BCUT2D eigenvalue weighted by molar-refractivity contribution is 5.94. The molecule has 0 bridgehead atoms. The number of rotatable bonds is 5. The van der Waals surface area contributed by atoms with Gasteiger partial charge in [-0.25, -0.2) is 0 Å². The Morgan fingerprint density at radius 1 is 0.750 bits per heavy atom. The number of hydrogen-bond acceptors (Lipinski definition) is 2. The van der Waals surface area contributed by atoms with E-state index in [1.807, 2.05) is 72.8 Å². The van der Waals surface area contributed by atoms with Crippen molar-refractivity contribution in [3.63, 3.8) is 0 Å². The van der Waals surface area contributed by atoms with Crippen LogP contribution in [0.4, 0.5) is 0 Å². The van der Waals surface area contributed by atoms with E-state index >= 15 is 0 Å². The molecule has 0 saturated heterocycles. The van der Waals surface area contributed by atoms with Crippen molar-refractivity contribution in [2.24, 2.45) is 5.41 Å². The highest BCUT2D eigenvalue weighted by Gasteiger charge is 2.33. The van der Waals surface area contributed by atoms with Gasteiger partial charge in [0, 0.05) is 12.1 Å². The topological polar surface area (TPSA) is 49.3 Å². The average molecular weight is 373 g/mol. The molecule has 144 valence electrons. The van der Waals surface area contributed by atoms with E-state index < -0.39 is 5.60 Å². The number of benzene rings is 3. The van der Waals surface area contributed by atoms with Gasteiger partial charge in [0.15, 0.2) is 0 Å². The second-order valence-corrected chi connectivity index (χ2v) is 8.26. The van der Waals surface area contributed by atoms with Crippen LogP contribution in [-0.4, -0.2) is 17.6 Å². The summed E-state index contributed by atoms with van der Waals surface area (Å²) in [6.07, 6.45) is 0. The van der Waals surface area contributed by atoms with Crippen LogP contribution in [0, 0.1) is 5.41 Å². The molecule has 3 rings (SSSR count). The minimum atomic E-state index is -1.29. The molecule has 0 radical (unpaired) electrons. The van der Waals surface area contributed by atoms with Crippen LogP contribution >= 0.6 is 0 Å². The second-order valence-electron chi connectivity index (χ2n) is 8.26. The lowest BCUT2D eigenvalue weighted by molar-refractivity contribution is 0.0938. The fraction of sp³-hybridized carbons (Fsp3) is 0.240. The number of aliphatic hydroxyl groups is 1. The summed E-state index contributed by atoms with van der Waals surface area (Å²) in [4.78, 5) is 12.4. The predicted octanol–water partition coefficient (Wildman–Crippen LogP) is 4.75. The molecule has 0 unspecified atom stereocenters. The van der Waals surface area contributed by atoms with E-state index in [4.69, 9.17) is 0 Å². The monoisotopic (exact) mass is 373 g/mol. The molecule has 0 heterocycles. The maximum Gasteiger partial charge on any atom is 0.251 e. The molecule has 2 N–H and O–H groups in total. The van der Waals surface area contributed by atoms with Crippen LogP contribution in [0.2, 0.25) is 0 Å². The van der Waals surface area contributed by atoms with Crippen molar-refractivity contribution in [1.29, 1.82) is 0 Å². The molecular formula is C25H27NO2. The molecule has 0 aliphatic heterocycles. The van der Waals surface area contributed by atoms with Gasteiger partial charge in [-0.15, -0.1) is 0 Å². The number of hydrogen-bond donors (Lipinski definition) is 2.